The Morgan fingerprint density at radius 2 is 2.11 bits per heavy atom. The summed E-state index contributed by atoms with van der Waals surface area (Å²) >= 11 is 5.72. The van der Waals surface area contributed by atoms with Gasteiger partial charge in [0, 0.05) is 23.5 Å². The molecule has 0 aliphatic rings. The lowest BCUT2D eigenvalue weighted by atomic mass is 10.1. The van der Waals surface area contributed by atoms with Crippen molar-refractivity contribution in [1.29, 1.82) is 0 Å². The van der Waals surface area contributed by atoms with E-state index in [0.717, 1.165) is 6.42 Å². The van der Waals surface area contributed by atoms with Crippen molar-refractivity contribution in [3.8, 4) is 5.75 Å². The lowest BCUT2D eigenvalue weighted by Gasteiger charge is -2.12. The Bertz CT molecular complexity index is 531. The van der Waals surface area contributed by atoms with Crippen molar-refractivity contribution in [2.75, 3.05) is 6.61 Å². The summed E-state index contributed by atoms with van der Waals surface area (Å²) in [5, 5.41) is 10.7. The maximum atomic E-state index is 10.3. The molecule has 1 unspecified atom stereocenters. The quantitative estimate of drug-likeness (QED) is 0.854. The molecule has 0 aliphatic carbocycles. The molecular weight excluding hydrogens is 264 g/mol. The second-order valence-electron chi connectivity index (χ2n) is 4.12. The summed E-state index contributed by atoms with van der Waals surface area (Å²) in [6.07, 6.45) is 4.92. The lowest BCUT2D eigenvalue weighted by molar-refractivity contribution is 0.218. The third kappa shape index (κ3) is 3.66. The van der Waals surface area contributed by atoms with Crippen LogP contribution < -0.4 is 4.74 Å². The van der Waals surface area contributed by atoms with Crippen LogP contribution in [0.4, 0.5) is 0 Å². The fourth-order valence-corrected chi connectivity index (χ4v) is 1.74. The van der Waals surface area contributed by atoms with Crippen LogP contribution in [-0.4, -0.2) is 21.7 Å². The van der Waals surface area contributed by atoms with E-state index in [2.05, 4.69) is 9.97 Å². The van der Waals surface area contributed by atoms with E-state index >= 15 is 0 Å². The Balaban J connectivity index is 2.18. The zero-order valence-corrected chi connectivity index (χ0v) is 11.3. The molecule has 5 heteroatoms. The number of aliphatic hydroxyl groups is 1. The first-order chi connectivity index (χ1) is 9.20. The molecular formula is C14H15ClN2O2. The van der Waals surface area contributed by atoms with Gasteiger partial charge in [0.25, 0.3) is 0 Å². The monoisotopic (exact) mass is 278 g/mol. The van der Waals surface area contributed by atoms with E-state index in [-0.39, 0.29) is 0 Å². The van der Waals surface area contributed by atoms with Crippen LogP contribution >= 0.6 is 11.6 Å². The summed E-state index contributed by atoms with van der Waals surface area (Å²) in [5.74, 6) is 0.653. The van der Waals surface area contributed by atoms with Crippen LogP contribution in [-0.2, 0) is 0 Å². The SMILES string of the molecule is CCCOc1cncc(C(O)c2ccc(Cl)nc2)c1. The van der Waals surface area contributed by atoms with E-state index < -0.39 is 6.10 Å². The van der Waals surface area contributed by atoms with E-state index in [1.54, 1.807) is 36.8 Å². The fraction of sp³-hybridized carbons (Fsp3) is 0.286. The lowest BCUT2D eigenvalue weighted by Crippen LogP contribution is -2.02. The Kier molecular flexibility index (Phi) is 4.71. The third-order valence-corrected chi connectivity index (χ3v) is 2.81. The smallest absolute Gasteiger partial charge is 0.137 e. The van der Waals surface area contributed by atoms with E-state index in [1.807, 2.05) is 6.92 Å². The van der Waals surface area contributed by atoms with Gasteiger partial charge in [-0.05, 0) is 18.6 Å². The number of pyridine rings is 2. The predicted octanol–water partition coefficient (Wildman–Crippen LogP) is 3.00. The molecule has 2 aromatic rings. The van der Waals surface area contributed by atoms with Crippen molar-refractivity contribution in [3.05, 3.63) is 53.1 Å². The average molecular weight is 279 g/mol. The second-order valence-corrected chi connectivity index (χ2v) is 4.51. The maximum absolute atomic E-state index is 10.3. The summed E-state index contributed by atoms with van der Waals surface area (Å²) in [4.78, 5) is 8.02. The highest BCUT2D eigenvalue weighted by Crippen LogP contribution is 2.24. The van der Waals surface area contributed by atoms with E-state index in [1.165, 1.54) is 0 Å². The van der Waals surface area contributed by atoms with Crippen LogP contribution in [0, 0.1) is 0 Å². The molecule has 0 bridgehead atoms. The summed E-state index contributed by atoms with van der Waals surface area (Å²) in [5.41, 5.74) is 1.33. The van der Waals surface area contributed by atoms with Gasteiger partial charge in [-0.2, -0.15) is 0 Å². The topological polar surface area (TPSA) is 55.2 Å². The number of aromatic nitrogens is 2. The van der Waals surface area contributed by atoms with E-state index in [9.17, 15) is 5.11 Å². The highest BCUT2D eigenvalue weighted by atomic mass is 35.5. The Labute approximate surface area is 117 Å². The van der Waals surface area contributed by atoms with Crippen molar-refractivity contribution in [2.45, 2.75) is 19.4 Å². The average Bonchev–Trinajstić information content (AvgIpc) is 2.45. The van der Waals surface area contributed by atoms with Gasteiger partial charge < -0.3 is 9.84 Å². The highest BCUT2D eigenvalue weighted by molar-refractivity contribution is 6.29. The highest BCUT2D eigenvalue weighted by Gasteiger charge is 2.12. The molecule has 2 heterocycles. The maximum Gasteiger partial charge on any atom is 0.137 e. The number of rotatable bonds is 5. The van der Waals surface area contributed by atoms with Crippen LogP contribution in [0.2, 0.25) is 5.15 Å². The summed E-state index contributed by atoms with van der Waals surface area (Å²) in [7, 11) is 0. The molecule has 0 radical (unpaired) electrons. The molecule has 1 N–H and O–H groups in total. The van der Waals surface area contributed by atoms with Crippen LogP contribution in [0.5, 0.6) is 5.75 Å². The molecule has 0 amide bonds. The van der Waals surface area contributed by atoms with Gasteiger partial charge in [-0.3, -0.25) is 4.98 Å². The van der Waals surface area contributed by atoms with Crippen molar-refractivity contribution in [2.24, 2.45) is 0 Å². The first-order valence-corrected chi connectivity index (χ1v) is 6.45. The number of hydrogen-bond donors (Lipinski definition) is 1. The molecule has 0 aliphatic heterocycles. The van der Waals surface area contributed by atoms with Crippen molar-refractivity contribution < 1.29 is 9.84 Å². The summed E-state index contributed by atoms with van der Waals surface area (Å²) in [6, 6.07) is 5.16. The molecule has 0 saturated carbocycles. The van der Waals surface area contributed by atoms with Crippen LogP contribution in [0.15, 0.2) is 36.8 Å². The van der Waals surface area contributed by atoms with Gasteiger partial charge in [-0.25, -0.2) is 4.98 Å². The molecule has 2 rings (SSSR count). The minimum Gasteiger partial charge on any atom is -0.492 e. The first-order valence-electron chi connectivity index (χ1n) is 6.08. The molecule has 100 valence electrons. The van der Waals surface area contributed by atoms with E-state index in [4.69, 9.17) is 16.3 Å². The summed E-state index contributed by atoms with van der Waals surface area (Å²) < 4.78 is 5.49. The number of aliphatic hydroxyl groups excluding tert-OH is 1. The van der Waals surface area contributed by atoms with Crippen molar-refractivity contribution >= 4 is 11.6 Å². The normalized spacial score (nSPS) is 12.2. The van der Waals surface area contributed by atoms with Crippen molar-refractivity contribution in [3.63, 3.8) is 0 Å². The van der Waals surface area contributed by atoms with E-state index in [0.29, 0.717) is 28.6 Å². The number of nitrogens with zero attached hydrogens (tertiary/aromatic N) is 2. The van der Waals surface area contributed by atoms with Gasteiger partial charge in [0.05, 0.1) is 12.8 Å². The standard InChI is InChI=1S/C14H15ClN2O2/c1-2-5-19-12-6-11(7-16-9-12)14(18)10-3-4-13(15)17-8-10/h3-4,6-9,14,18H,2,5H2,1H3. The van der Waals surface area contributed by atoms with Crippen LogP contribution in [0.3, 0.4) is 0 Å². The Morgan fingerprint density at radius 1 is 1.26 bits per heavy atom. The zero-order valence-electron chi connectivity index (χ0n) is 10.6. The first kappa shape index (κ1) is 13.8. The van der Waals surface area contributed by atoms with Gasteiger partial charge in [0.1, 0.15) is 17.0 Å². The number of ether oxygens (including phenoxy) is 1. The van der Waals surface area contributed by atoms with Gasteiger partial charge in [0.15, 0.2) is 0 Å². The zero-order chi connectivity index (χ0) is 13.7. The molecule has 2 aromatic heterocycles. The second kappa shape index (κ2) is 6.50. The molecule has 0 aromatic carbocycles. The van der Waals surface area contributed by atoms with Crippen LogP contribution in [0.25, 0.3) is 0 Å². The molecule has 0 spiro atoms. The fourth-order valence-electron chi connectivity index (χ4n) is 1.63. The predicted molar refractivity (Wildman–Crippen MR) is 73.3 cm³/mol. The van der Waals surface area contributed by atoms with Crippen LogP contribution in [0.1, 0.15) is 30.6 Å². The Hall–Kier alpha value is -1.65. The van der Waals surface area contributed by atoms with Gasteiger partial charge in [0.2, 0.25) is 0 Å². The molecule has 19 heavy (non-hydrogen) atoms. The largest absolute Gasteiger partial charge is 0.492 e. The van der Waals surface area contributed by atoms with Gasteiger partial charge in [-0.1, -0.05) is 24.6 Å². The number of hydrogen-bond acceptors (Lipinski definition) is 4. The Morgan fingerprint density at radius 3 is 2.79 bits per heavy atom. The summed E-state index contributed by atoms with van der Waals surface area (Å²) in [6.45, 7) is 2.66. The molecule has 0 fully saturated rings. The third-order valence-electron chi connectivity index (χ3n) is 2.59. The number of halogens is 1. The van der Waals surface area contributed by atoms with Gasteiger partial charge >= 0.3 is 0 Å². The van der Waals surface area contributed by atoms with Crippen molar-refractivity contribution in [1.82, 2.24) is 9.97 Å². The molecule has 1 atom stereocenters. The molecule has 4 nitrogen and oxygen atoms in total. The minimum absolute atomic E-state index is 0.397. The minimum atomic E-state index is -0.789. The van der Waals surface area contributed by atoms with Gasteiger partial charge in [-0.15, -0.1) is 0 Å². The molecule has 0 saturated heterocycles.